The van der Waals surface area contributed by atoms with E-state index in [4.69, 9.17) is 5.73 Å². The van der Waals surface area contributed by atoms with Crippen LogP contribution in [0.1, 0.15) is 45.4 Å². The highest BCUT2D eigenvalue weighted by atomic mass is 15.3. The van der Waals surface area contributed by atoms with Crippen LogP contribution in [0.3, 0.4) is 0 Å². The van der Waals surface area contributed by atoms with Gasteiger partial charge in [0.1, 0.15) is 0 Å². The molecule has 3 unspecified atom stereocenters. The lowest BCUT2D eigenvalue weighted by molar-refractivity contribution is 0.0392. The minimum atomic E-state index is 0.295. The fourth-order valence-corrected chi connectivity index (χ4v) is 4.06. The quantitative estimate of drug-likeness (QED) is 0.831. The summed E-state index contributed by atoms with van der Waals surface area (Å²) in [6, 6.07) is 0.711. The van der Waals surface area contributed by atoms with Crippen LogP contribution in [0, 0.1) is 5.92 Å². The van der Waals surface area contributed by atoms with E-state index in [0.717, 1.165) is 12.5 Å². The highest BCUT2D eigenvalue weighted by Gasteiger charge is 2.43. The van der Waals surface area contributed by atoms with Gasteiger partial charge in [0, 0.05) is 24.7 Å². The molecule has 3 nitrogen and oxygen atoms in total. The van der Waals surface area contributed by atoms with Crippen molar-refractivity contribution in [1.29, 1.82) is 0 Å². The van der Waals surface area contributed by atoms with Gasteiger partial charge < -0.3 is 10.6 Å². The number of likely N-dealkylation sites (tertiary alicyclic amines) is 1. The molecule has 0 aromatic rings. The summed E-state index contributed by atoms with van der Waals surface area (Å²) in [4.78, 5) is 5.12. The van der Waals surface area contributed by atoms with Crippen molar-refractivity contribution >= 4 is 0 Å². The molecule has 106 valence electrons. The van der Waals surface area contributed by atoms with Gasteiger partial charge in [-0.15, -0.1) is 0 Å². The zero-order valence-electron chi connectivity index (χ0n) is 12.5. The summed E-state index contributed by atoms with van der Waals surface area (Å²) in [6.07, 6.45) is 8.00. The van der Waals surface area contributed by atoms with Gasteiger partial charge in [0.15, 0.2) is 0 Å². The van der Waals surface area contributed by atoms with E-state index in [9.17, 15) is 0 Å². The third-order valence-corrected chi connectivity index (χ3v) is 5.54. The van der Waals surface area contributed by atoms with Crippen molar-refractivity contribution in [3.63, 3.8) is 0 Å². The van der Waals surface area contributed by atoms with Crippen LogP contribution in [0.5, 0.6) is 0 Å². The highest BCUT2D eigenvalue weighted by molar-refractivity contribution is 5.00. The van der Waals surface area contributed by atoms with Crippen molar-refractivity contribution in [3.05, 3.63) is 0 Å². The Kier molecular flexibility index (Phi) is 4.68. The normalized spacial score (nSPS) is 38.5. The smallest absolute Gasteiger partial charge is 0.0334 e. The monoisotopic (exact) mass is 253 g/mol. The van der Waals surface area contributed by atoms with E-state index in [1.165, 1.54) is 51.6 Å². The van der Waals surface area contributed by atoms with Crippen molar-refractivity contribution in [2.24, 2.45) is 11.7 Å². The Hall–Kier alpha value is -0.120. The van der Waals surface area contributed by atoms with Crippen LogP contribution in [0.25, 0.3) is 0 Å². The van der Waals surface area contributed by atoms with Gasteiger partial charge in [0.2, 0.25) is 0 Å². The van der Waals surface area contributed by atoms with Gasteiger partial charge in [-0.2, -0.15) is 0 Å². The largest absolute Gasteiger partial charge is 0.329 e. The molecule has 2 fully saturated rings. The maximum absolute atomic E-state index is 6.17. The third-order valence-electron chi connectivity index (χ3n) is 5.54. The molecular weight excluding hydrogens is 222 g/mol. The average Bonchev–Trinajstić information content (AvgIpc) is 2.83. The number of rotatable bonds is 4. The summed E-state index contributed by atoms with van der Waals surface area (Å²) in [5.41, 5.74) is 6.47. The number of piperidine rings is 1. The summed E-state index contributed by atoms with van der Waals surface area (Å²) >= 11 is 0. The van der Waals surface area contributed by atoms with E-state index < -0.39 is 0 Å². The number of nitrogens with zero attached hydrogens (tertiary/aromatic N) is 2. The Morgan fingerprint density at radius 2 is 2.17 bits per heavy atom. The van der Waals surface area contributed by atoms with Crippen LogP contribution in [-0.2, 0) is 0 Å². The first-order valence-electron chi connectivity index (χ1n) is 7.73. The number of hydrogen-bond acceptors (Lipinski definition) is 3. The second-order valence-electron chi connectivity index (χ2n) is 6.61. The number of likely N-dealkylation sites (N-methyl/N-ethyl adjacent to an activating group) is 2. The Morgan fingerprint density at radius 3 is 2.72 bits per heavy atom. The summed E-state index contributed by atoms with van der Waals surface area (Å²) in [7, 11) is 4.58. The molecule has 1 saturated heterocycles. The van der Waals surface area contributed by atoms with Gasteiger partial charge >= 0.3 is 0 Å². The second kappa shape index (κ2) is 5.89. The van der Waals surface area contributed by atoms with E-state index >= 15 is 0 Å². The minimum Gasteiger partial charge on any atom is -0.329 e. The van der Waals surface area contributed by atoms with Crippen molar-refractivity contribution in [1.82, 2.24) is 9.80 Å². The maximum atomic E-state index is 6.17. The van der Waals surface area contributed by atoms with Crippen molar-refractivity contribution in [3.8, 4) is 0 Å². The van der Waals surface area contributed by atoms with E-state index in [0.29, 0.717) is 11.6 Å². The fraction of sp³-hybridized carbons (Fsp3) is 1.00. The van der Waals surface area contributed by atoms with Crippen LogP contribution in [-0.4, -0.2) is 55.1 Å². The summed E-state index contributed by atoms with van der Waals surface area (Å²) in [5.74, 6) is 0.900. The second-order valence-corrected chi connectivity index (χ2v) is 6.61. The molecule has 1 aliphatic heterocycles. The molecule has 2 aliphatic rings. The molecule has 0 aromatic carbocycles. The van der Waals surface area contributed by atoms with Crippen LogP contribution in [0.15, 0.2) is 0 Å². The third kappa shape index (κ3) is 2.73. The molecule has 3 heteroatoms. The Bertz CT molecular complexity index is 268. The molecule has 2 N–H and O–H groups in total. The van der Waals surface area contributed by atoms with E-state index in [1.807, 2.05) is 0 Å². The molecule has 3 atom stereocenters. The van der Waals surface area contributed by atoms with Crippen LogP contribution in [0.4, 0.5) is 0 Å². The van der Waals surface area contributed by atoms with Crippen LogP contribution < -0.4 is 5.73 Å². The maximum Gasteiger partial charge on any atom is 0.0334 e. The molecule has 0 amide bonds. The Labute approximate surface area is 113 Å². The Balaban J connectivity index is 2.03. The lowest BCUT2D eigenvalue weighted by Crippen LogP contribution is -2.58. The van der Waals surface area contributed by atoms with Crippen LogP contribution in [0.2, 0.25) is 0 Å². The van der Waals surface area contributed by atoms with Crippen molar-refractivity contribution < 1.29 is 0 Å². The first-order valence-corrected chi connectivity index (χ1v) is 7.73. The number of hydrogen-bond donors (Lipinski definition) is 1. The summed E-state index contributed by atoms with van der Waals surface area (Å²) < 4.78 is 0. The highest BCUT2D eigenvalue weighted by Crippen LogP contribution is 2.41. The van der Waals surface area contributed by atoms with Gasteiger partial charge in [-0.05, 0) is 58.7 Å². The van der Waals surface area contributed by atoms with Gasteiger partial charge in [-0.3, -0.25) is 4.90 Å². The SMILES string of the molecule is CCC1CCC(CN)(N(C)C2CCCN(C)C2)C1. The van der Waals surface area contributed by atoms with Crippen molar-refractivity contribution in [2.75, 3.05) is 33.7 Å². The minimum absolute atomic E-state index is 0.295. The summed E-state index contributed by atoms with van der Waals surface area (Å²) in [5, 5.41) is 0. The van der Waals surface area contributed by atoms with Gasteiger partial charge in [-0.1, -0.05) is 13.3 Å². The molecule has 1 aliphatic carbocycles. The van der Waals surface area contributed by atoms with Gasteiger partial charge in [0.25, 0.3) is 0 Å². The van der Waals surface area contributed by atoms with E-state index in [1.54, 1.807) is 0 Å². The molecule has 0 radical (unpaired) electrons. The topological polar surface area (TPSA) is 32.5 Å². The molecular formula is C15H31N3. The molecule has 1 saturated carbocycles. The lowest BCUT2D eigenvalue weighted by Gasteiger charge is -2.46. The predicted octanol–water partition coefficient (Wildman–Crippen LogP) is 1.92. The van der Waals surface area contributed by atoms with Crippen molar-refractivity contribution in [2.45, 2.75) is 57.0 Å². The first kappa shape index (κ1) is 14.3. The zero-order valence-corrected chi connectivity index (χ0v) is 12.5. The lowest BCUT2D eigenvalue weighted by atomic mass is 9.90. The van der Waals surface area contributed by atoms with E-state index in [2.05, 4.69) is 30.8 Å². The average molecular weight is 253 g/mol. The Morgan fingerprint density at radius 1 is 1.39 bits per heavy atom. The molecule has 0 aromatic heterocycles. The zero-order chi connectivity index (χ0) is 13.2. The molecule has 0 spiro atoms. The van der Waals surface area contributed by atoms with Gasteiger partial charge in [-0.25, -0.2) is 0 Å². The van der Waals surface area contributed by atoms with Gasteiger partial charge in [0.05, 0.1) is 0 Å². The molecule has 2 rings (SSSR count). The summed E-state index contributed by atoms with van der Waals surface area (Å²) in [6.45, 7) is 5.64. The predicted molar refractivity (Wildman–Crippen MR) is 77.7 cm³/mol. The van der Waals surface area contributed by atoms with E-state index in [-0.39, 0.29) is 0 Å². The first-order chi connectivity index (χ1) is 8.61. The molecule has 1 heterocycles. The molecule has 0 bridgehead atoms. The van der Waals surface area contributed by atoms with Crippen LogP contribution >= 0.6 is 0 Å². The fourth-order valence-electron chi connectivity index (χ4n) is 4.06. The molecule has 18 heavy (non-hydrogen) atoms. The number of nitrogens with two attached hydrogens (primary N) is 1. The standard InChI is InChI=1S/C15H31N3/c1-4-13-7-8-15(10-13,12-16)18(3)14-6-5-9-17(2)11-14/h13-14H,4-12,16H2,1-3H3.